The Kier molecular flexibility index (Phi) is 6.03. The van der Waals surface area contributed by atoms with Crippen molar-refractivity contribution in [3.8, 4) is 11.1 Å². The van der Waals surface area contributed by atoms with Gasteiger partial charge in [-0.05, 0) is 66.3 Å². The van der Waals surface area contributed by atoms with Crippen LogP contribution in [0, 0.1) is 6.92 Å². The average Bonchev–Trinajstić information content (AvgIpc) is 2.75. The maximum absolute atomic E-state index is 12.2. The number of anilines is 2. The van der Waals surface area contributed by atoms with Gasteiger partial charge >= 0.3 is 12.0 Å². The summed E-state index contributed by atoms with van der Waals surface area (Å²) in [5, 5.41) is 5.69. The molecule has 158 valence electrons. The highest BCUT2D eigenvalue weighted by atomic mass is 16.5. The van der Waals surface area contributed by atoms with Gasteiger partial charge in [-0.1, -0.05) is 48.0 Å². The van der Waals surface area contributed by atoms with Crippen LogP contribution in [0.15, 0.2) is 66.7 Å². The number of hydrogen-bond acceptors (Lipinski definition) is 3. The van der Waals surface area contributed by atoms with Crippen molar-refractivity contribution < 1.29 is 14.3 Å². The molecule has 2 amide bonds. The zero-order valence-electron chi connectivity index (χ0n) is 17.8. The number of urea groups is 1. The molecule has 0 saturated carbocycles. The summed E-state index contributed by atoms with van der Waals surface area (Å²) in [4.78, 5) is 23.4. The lowest BCUT2D eigenvalue weighted by Gasteiger charge is -2.24. The first kappa shape index (κ1) is 20.7. The molecule has 2 N–H and O–H groups in total. The number of nitrogens with one attached hydrogen (secondary N) is 2. The van der Waals surface area contributed by atoms with Gasteiger partial charge in [-0.2, -0.15) is 0 Å². The summed E-state index contributed by atoms with van der Waals surface area (Å²) in [7, 11) is 0. The van der Waals surface area contributed by atoms with Gasteiger partial charge in [0.25, 0.3) is 0 Å². The van der Waals surface area contributed by atoms with Gasteiger partial charge < -0.3 is 15.4 Å². The molecule has 1 aliphatic rings. The van der Waals surface area contributed by atoms with Crippen molar-refractivity contribution >= 4 is 23.4 Å². The largest absolute Gasteiger partial charge is 0.462 e. The zero-order chi connectivity index (χ0) is 21.8. The minimum absolute atomic E-state index is 0.0211. The molecule has 0 radical (unpaired) electrons. The molecule has 1 atom stereocenters. The molecule has 0 bridgehead atoms. The Morgan fingerprint density at radius 1 is 0.839 bits per heavy atom. The van der Waals surface area contributed by atoms with Gasteiger partial charge in [-0.15, -0.1) is 0 Å². The number of benzene rings is 3. The minimum Gasteiger partial charge on any atom is -0.462 e. The van der Waals surface area contributed by atoms with Crippen molar-refractivity contribution in [2.75, 3.05) is 10.6 Å². The lowest BCUT2D eigenvalue weighted by Crippen LogP contribution is -2.24. The van der Waals surface area contributed by atoms with Gasteiger partial charge in [0.05, 0.1) is 0 Å². The number of ether oxygens (including phenoxy) is 1. The Labute approximate surface area is 182 Å². The summed E-state index contributed by atoms with van der Waals surface area (Å²) in [6.07, 6.45) is 2.51. The van der Waals surface area contributed by atoms with Gasteiger partial charge in [-0.3, -0.25) is 4.79 Å². The van der Waals surface area contributed by atoms with Crippen molar-refractivity contribution in [1.82, 2.24) is 0 Å². The SMILES string of the molecule is CC(=O)OC1CCc2cc(-c3ccc(NC(=O)Nc4ccc(C)cc4)cc3)ccc2C1. The number of hydrogen-bond donors (Lipinski definition) is 2. The van der Waals surface area contributed by atoms with Crippen molar-refractivity contribution in [1.29, 1.82) is 0 Å². The van der Waals surface area contributed by atoms with E-state index in [4.69, 9.17) is 4.74 Å². The van der Waals surface area contributed by atoms with Crippen molar-refractivity contribution in [2.24, 2.45) is 0 Å². The van der Waals surface area contributed by atoms with E-state index in [9.17, 15) is 9.59 Å². The molecule has 5 heteroatoms. The van der Waals surface area contributed by atoms with Crippen LogP contribution in [0.3, 0.4) is 0 Å². The third-order valence-corrected chi connectivity index (χ3v) is 5.51. The topological polar surface area (TPSA) is 67.4 Å². The first-order valence-corrected chi connectivity index (χ1v) is 10.5. The summed E-state index contributed by atoms with van der Waals surface area (Å²) < 4.78 is 5.37. The van der Waals surface area contributed by atoms with Gasteiger partial charge in [0.1, 0.15) is 6.10 Å². The third-order valence-electron chi connectivity index (χ3n) is 5.51. The zero-order valence-corrected chi connectivity index (χ0v) is 17.8. The van der Waals surface area contributed by atoms with Crippen LogP contribution in [0.4, 0.5) is 16.2 Å². The molecule has 1 unspecified atom stereocenters. The maximum Gasteiger partial charge on any atom is 0.323 e. The molecule has 1 aliphatic carbocycles. The quantitative estimate of drug-likeness (QED) is 0.536. The molecule has 0 saturated heterocycles. The summed E-state index contributed by atoms with van der Waals surface area (Å²) in [6, 6.07) is 21.7. The Bertz CT molecular complexity index is 1090. The molecule has 0 fully saturated rings. The highest BCUT2D eigenvalue weighted by Gasteiger charge is 2.21. The first-order chi connectivity index (χ1) is 15.0. The number of rotatable bonds is 4. The summed E-state index contributed by atoms with van der Waals surface area (Å²) in [5.74, 6) is -0.216. The molecule has 3 aromatic carbocycles. The van der Waals surface area contributed by atoms with E-state index in [1.807, 2.05) is 55.5 Å². The predicted molar refractivity (Wildman–Crippen MR) is 123 cm³/mol. The average molecular weight is 415 g/mol. The Hall–Kier alpha value is -3.60. The molecule has 0 spiro atoms. The summed E-state index contributed by atoms with van der Waals surface area (Å²) in [6.45, 7) is 3.47. The standard InChI is InChI=1S/C26H26N2O3/c1-17-3-10-23(11-4-17)27-26(30)28-24-12-7-19(8-13-24)20-5-6-22-16-25(31-18(2)29)14-9-21(22)15-20/h3-8,10-13,15,25H,9,14,16H2,1-2H3,(H2,27,28,30). The van der Waals surface area contributed by atoms with Crippen LogP contribution in [0.25, 0.3) is 11.1 Å². The fraction of sp³-hybridized carbons (Fsp3) is 0.231. The van der Waals surface area contributed by atoms with Gasteiger partial charge in [0, 0.05) is 24.7 Å². The second kappa shape index (κ2) is 9.04. The molecular formula is C26H26N2O3. The molecule has 31 heavy (non-hydrogen) atoms. The number of carbonyl (C=O) groups is 2. The smallest absolute Gasteiger partial charge is 0.323 e. The fourth-order valence-corrected chi connectivity index (χ4v) is 3.91. The molecule has 4 rings (SSSR count). The van der Waals surface area contributed by atoms with Gasteiger partial charge in [0.2, 0.25) is 0 Å². The summed E-state index contributed by atoms with van der Waals surface area (Å²) in [5.41, 5.74) is 7.41. The Morgan fingerprint density at radius 2 is 1.45 bits per heavy atom. The van der Waals surface area contributed by atoms with Crippen LogP contribution >= 0.6 is 0 Å². The van der Waals surface area contributed by atoms with E-state index in [0.29, 0.717) is 0 Å². The van der Waals surface area contributed by atoms with Crippen molar-refractivity contribution in [3.05, 3.63) is 83.4 Å². The van der Waals surface area contributed by atoms with E-state index < -0.39 is 0 Å². The third kappa shape index (κ3) is 5.31. The molecule has 0 aromatic heterocycles. The molecule has 3 aromatic rings. The van der Waals surface area contributed by atoms with E-state index in [0.717, 1.165) is 47.3 Å². The maximum atomic E-state index is 12.2. The van der Waals surface area contributed by atoms with Crippen molar-refractivity contribution in [2.45, 2.75) is 39.2 Å². The molecule has 5 nitrogen and oxygen atoms in total. The van der Waals surface area contributed by atoms with Crippen LogP contribution in [0.5, 0.6) is 0 Å². The van der Waals surface area contributed by atoms with E-state index in [-0.39, 0.29) is 18.1 Å². The number of esters is 1. The van der Waals surface area contributed by atoms with Crippen LogP contribution < -0.4 is 10.6 Å². The lowest BCUT2D eigenvalue weighted by molar-refractivity contribution is -0.146. The van der Waals surface area contributed by atoms with Gasteiger partial charge in [-0.25, -0.2) is 4.79 Å². The lowest BCUT2D eigenvalue weighted by atomic mass is 9.87. The van der Waals surface area contributed by atoms with Crippen LogP contribution in [0.2, 0.25) is 0 Å². The molecule has 0 aliphatic heterocycles. The number of fused-ring (bicyclic) bond motifs is 1. The number of aryl methyl sites for hydroxylation is 2. The predicted octanol–water partition coefficient (Wildman–Crippen LogP) is 5.73. The normalized spacial score (nSPS) is 15.0. The van der Waals surface area contributed by atoms with Crippen molar-refractivity contribution in [3.63, 3.8) is 0 Å². The highest BCUT2D eigenvalue weighted by Crippen LogP contribution is 2.29. The van der Waals surface area contributed by atoms with Gasteiger partial charge in [0.15, 0.2) is 0 Å². The van der Waals surface area contributed by atoms with E-state index in [1.165, 1.54) is 18.1 Å². The van der Waals surface area contributed by atoms with E-state index >= 15 is 0 Å². The second-order valence-electron chi connectivity index (χ2n) is 7.98. The van der Waals surface area contributed by atoms with E-state index in [2.05, 4.69) is 28.8 Å². The molecule has 0 heterocycles. The molecular weight excluding hydrogens is 388 g/mol. The number of carbonyl (C=O) groups excluding carboxylic acids is 2. The Balaban J connectivity index is 1.39. The van der Waals surface area contributed by atoms with Crippen LogP contribution in [-0.2, 0) is 22.4 Å². The van der Waals surface area contributed by atoms with E-state index in [1.54, 1.807) is 0 Å². The fourth-order valence-electron chi connectivity index (χ4n) is 3.91. The second-order valence-corrected chi connectivity index (χ2v) is 7.98. The highest BCUT2D eigenvalue weighted by molar-refractivity contribution is 5.99. The number of amides is 2. The minimum atomic E-state index is -0.271. The monoisotopic (exact) mass is 414 g/mol. The first-order valence-electron chi connectivity index (χ1n) is 10.5. The van der Waals surface area contributed by atoms with Crippen LogP contribution in [0.1, 0.15) is 30.0 Å². The Morgan fingerprint density at radius 3 is 2.10 bits per heavy atom. The van der Waals surface area contributed by atoms with Crippen LogP contribution in [-0.4, -0.2) is 18.1 Å². The summed E-state index contributed by atoms with van der Waals surface area (Å²) >= 11 is 0.